The van der Waals surface area contributed by atoms with Crippen LogP contribution in [0.5, 0.6) is 11.5 Å². The largest absolute Gasteiger partial charge is 0.486 e. The third kappa shape index (κ3) is 3.29. The maximum absolute atomic E-state index is 12.4. The van der Waals surface area contributed by atoms with Crippen molar-refractivity contribution in [2.45, 2.75) is 0 Å². The molecule has 0 aromatic heterocycles. The van der Waals surface area contributed by atoms with Gasteiger partial charge >= 0.3 is 0 Å². The zero-order valence-electron chi connectivity index (χ0n) is 12.0. The Balaban J connectivity index is 1.86. The lowest BCUT2D eigenvalue weighted by Gasteiger charge is -2.20. The molecular weight excluding hydrogens is 404 g/mol. The first kappa shape index (κ1) is 16.5. The summed E-state index contributed by atoms with van der Waals surface area (Å²) in [4.78, 5) is 22.5. The number of nitro benzene ring substituents is 1. The van der Waals surface area contributed by atoms with Crippen molar-refractivity contribution in [1.29, 1.82) is 0 Å². The van der Waals surface area contributed by atoms with Crippen molar-refractivity contribution in [2.75, 3.05) is 18.5 Å². The van der Waals surface area contributed by atoms with Crippen LogP contribution in [0.25, 0.3) is 0 Å². The summed E-state index contributed by atoms with van der Waals surface area (Å²) in [7, 11) is 0. The molecule has 1 aliphatic heterocycles. The van der Waals surface area contributed by atoms with Gasteiger partial charge in [-0.2, -0.15) is 0 Å². The van der Waals surface area contributed by atoms with E-state index in [9.17, 15) is 14.9 Å². The molecule has 2 aromatic rings. The molecule has 24 heavy (non-hydrogen) atoms. The number of nitrogens with zero attached hydrogens (tertiary/aromatic N) is 1. The maximum atomic E-state index is 12.4. The molecule has 1 amide bonds. The first-order valence-electron chi connectivity index (χ1n) is 6.80. The molecule has 0 bridgehead atoms. The predicted octanol–water partition coefficient (Wildman–Crippen LogP) is 4.03. The number of non-ortho nitro benzene ring substituents is 1. The van der Waals surface area contributed by atoms with E-state index in [0.717, 1.165) is 6.07 Å². The molecule has 1 aliphatic rings. The summed E-state index contributed by atoms with van der Waals surface area (Å²) >= 11 is 9.32. The number of hydrogen-bond acceptors (Lipinski definition) is 5. The molecule has 0 radical (unpaired) electrons. The number of nitrogens with one attached hydrogen (secondary N) is 1. The van der Waals surface area contributed by atoms with Crippen LogP contribution in [0.1, 0.15) is 10.4 Å². The van der Waals surface area contributed by atoms with Gasteiger partial charge in [-0.1, -0.05) is 11.6 Å². The van der Waals surface area contributed by atoms with E-state index < -0.39 is 10.8 Å². The lowest BCUT2D eigenvalue weighted by Crippen LogP contribution is -2.17. The number of fused-ring (bicyclic) bond motifs is 1. The van der Waals surface area contributed by atoms with Crippen molar-refractivity contribution >= 4 is 44.8 Å². The number of amides is 1. The van der Waals surface area contributed by atoms with Crippen molar-refractivity contribution in [3.8, 4) is 11.5 Å². The Morgan fingerprint density at radius 3 is 2.50 bits per heavy atom. The van der Waals surface area contributed by atoms with Crippen LogP contribution in [-0.4, -0.2) is 24.0 Å². The Morgan fingerprint density at radius 2 is 1.88 bits per heavy atom. The molecule has 3 rings (SSSR count). The van der Waals surface area contributed by atoms with Crippen LogP contribution in [0.15, 0.2) is 34.8 Å². The van der Waals surface area contributed by atoms with E-state index in [1.807, 2.05) is 0 Å². The Kier molecular flexibility index (Phi) is 4.59. The number of benzene rings is 2. The van der Waals surface area contributed by atoms with Gasteiger partial charge in [0.15, 0.2) is 11.5 Å². The molecule has 7 nitrogen and oxygen atoms in total. The number of carbonyl (C=O) groups is 1. The molecule has 0 unspecified atom stereocenters. The third-order valence-electron chi connectivity index (χ3n) is 3.29. The minimum atomic E-state index is -0.578. The second kappa shape index (κ2) is 6.66. The standard InChI is InChI=1S/C15H10BrClN2O5/c16-10-6-13-14(24-4-3-23-13)7-12(10)18-15(20)9-2-1-8(19(21)22)5-11(9)17/h1-2,5-7H,3-4H2,(H,18,20). The molecule has 1 N–H and O–H groups in total. The van der Waals surface area contributed by atoms with E-state index in [1.165, 1.54) is 12.1 Å². The van der Waals surface area contributed by atoms with Crippen LogP contribution in [0.3, 0.4) is 0 Å². The molecule has 0 aliphatic carbocycles. The van der Waals surface area contributed by atoms with Gasteiger partial charge in [0.1, 0.15) is 13.2 Å². The van der Waals surface area contributed by atoms with Gasteiger partial charge in [-0.05, 0) is 22.0 Å². The SMILES string of the molecule is O=C(Nc1cc2c(cc1Br)OCCO2)c1ccc([N+](=O)[O-])cc1Cl. The highest BCUT2D eigenvalue weighted by Crippen LogP contribution is 2.38. The minimum Gasteiger partial charge on any atom is -0.486 e. The summed E-state index contributed by atoms with van der Waals surface area (Å²) in [5.74, 6) is 0.612. The number of ether oxygens (including phenoxy) is 2. The average Bonchev–Trinajstić information content (AvgIpc) is 2.55. The van der Waals surface area contributed by atoms with E-state index >= 15 is 0 Å². The molecule has 0 fully saturated rings. The molecule has 0 atom stereocenters. The fraction of sp³-hybridized carbons (Fsp3) is 0.133. The van der Waals surface area contributed by atoms with Crippen LogP contribution in [0.4, 0.5) is 11.4 Å². The van der Waals surface area contributed by atoms with E-state index in [4.69, 9.17) is 21.1 Å². The monoisotopic (exact) mass is 412 g/mol. The normalized spacial score (nSPS) is 12.6. The Morgan fingerprint density at radius 1 is 1.21 bits per heavy atom. The molecule has 2 aromatic carbocycles. The van der Waals surface area contributed by atoms with Crippen molar-refractivity contribution in [3.05, 3.63) is 55.5 Å². The molecule has 1 heterocycles. The number of rotatable bonds is 3. The number of anilines is 1. The summed E-state index contributed by atoms with van der Waals surface area (Å²) in [6.45, 7) is 0.889. The fourth-order valence-corrected chi connectivity index (χ4v) is 2.83. The third-order valence-corrected chi connectivity index (χ3v) is 4.26. The Labute approximate surface area is 149 Å². The first-order valence-corrected chi connectivity index (χ1v) is 7.97. The molecule has 124 valence electrons. The predicted molar refractivity (Wildman–Crippen MR) is 91.2 cm³/mol. The molecule has 0 saturated carbocycles. The fourth-order valence-electron chi connectivity index (χ4n) is 2.15. The van der Waals surface area contributed by atoms with Crippen LogP contribution < -0.4 is 14.8 Å². The van der Waals surface area contributed by atoms with Gasteiger partial charge in [0.2, 0.25) is 0 Å². The van der Waals surface area contributed by atoms with Crippen LogP contribution >= 0.6 is 27.5 Å². The summed E-state index contributed by atoms with van der Waals surface area (Å²) in [6.07, 6.45) is 0. The van der Waals surface area contributed by atoms with Gasteiger partial charge in [-0.15, -0.1) is 0 Å². The maximum Gasteiger partial charge on any atom is 0.270 e. The van der Waals surface area contributed by atoms with Crippen molar-refractivity contribution < 1.29 is 19.2 Å². The van der Waals surface area contributed by atoms with Crippen molar-refractivity contribution in [2.24, 2.45) is 0 Å². The quantitative estimate of drug-likeness (QED) is 0.606. The van der Waals surface area contributed by atoms with Crippen molar-refractivity contribution in [3.63, 3.8) is 0 Å². The van der Waals surface area contributed by atoms with Gasteiger partial charge in [0, 0.05) is 28.7 Å². The van der Waals surface area contributed by atoms with Gasteiger partial charge < -0.3 is 14.8 Å². The van der Waals surface area contributed by atoms with E-state index in [0.29, 0.717) is 34.9 Å². The Hall–Kier alpha value is -2.32. The van der Waals surface area contributed by atoms with Crippen LogP contribution in [-0.2, 0) is 0 Å². The summed E-state index contributed by atoms with van der Waals surface area (Å²) in [6, 6.07) is 6.99. The average molecular weight is 414 g/mol. The molecular formula is C15H10BrClN2O5. The van der Waals surface area contributed by atoms with Gasteiger partial charge in [0.05, 0.1) is 21.2 Å². The van der Waals surface area contributed by atoms with E-state index in [-0.39, 0.29) is 16.3 Å². The van der Waals surface area contributed by atoms with Crippen LogP contribution in [0, 0.1) is 10.1 Å². The lowest BCUT2D eigenvalue weighted by molar-refractivity contribution is -0.384. The number of halogens is 2. The molecule has 9 heteroatoms. The lowest BCUT2D eigenvalue weighted by atomic mass is 10.2. The number of hydrogen-bond donors (Lipinski definition) is 1. The van der Waals surface area contributed by atoms with Crippen molar-refractivity contribution in [1.82, 2.24) is 0 Å². The number of nitro groups is 1. The summed E-state index contributed by atoms with van der Waals surface area (Å²) < 4.78 is 11.5. The highest BCUT2D eigenvalue weighted by molar-refractivity contribution is 9.10. The molecule has 0 saturated heterocycles. The summed E-state index contributed by atoms with van der Waals surface area (Å²) in [5.41, 5.74) is 0.416. The number of carbonyl (C=O) groups excluding carboxylic acids is 1. The van der Waals surface area contributed by atoms with Gasteiger partial charge in [0.25, 0.3) is 11.6 Å². The zero-order chi connectivity index (χ0) is 17.3. The molecule has 0 spiro atoms. The topological polar surface area (TPSA) is 90.7 Å². The summed E-state index contributed by atoms with van der Waals surface area (Å²) in [5, 5.41) is 13.4. The second-order valence-corrected chi connectivity index (χ2v) is 6.11. The smallest absolute Gasteiger partial charge is 0.270 e. The van der Waals surface area contributed by atoms with E-state index in [1.54, 1.807) is 12.1 Å². The minimum absolute atomic E-state index is 0.00429. The Bertz CT molecular complexity index is 843. The van der Waals surface area contributed by atoms with E-state index in [2.05, 4.69) is 21.2 Å². The highest BCUT2D eigenvalue weighted by atomic mass is 79.9. The van der Waals surface area contributed by atoms with Crippen LogP contribution in [0.2, 0.25) is 5.02 Å². The second-order valence-electron chi connectivity index (χ2n) is 4.85. The van der Waals surface area contributed by atoms with Gasteiger partial charge in [-0.25, -0.2) is 0 Å². The van der Waals surface area contributed by atoms with Gasteiger partial charge in [-0.3, -0.25) is 14.9 Å². The highest BCUT2D eigenvalue weighted by Gasteiger charge is 2.19. The first-order chi connectivity index (χ1) is 11.5. The zero-order valence-corrected chi connectivity index (χ0v) is 14.4.